The Balaban J connectivity index is 2.36. The average Bonchev–Trinajstić information content (AvgIpc) is 2.43. The first-order valence-electron chi connectivity index (χ1n) is 4.26. The van der Waals surface area contributed by atoms with Crippen LogP contribution < -0.4 is 4.90 Å². The van der Waals surface area contributed by atoms with Crippen molar-refractivity contribution in [3.8, 4) is 0 Å². The number of amides is 2. The lowest BCUT2D eigenvalue weighted by Crippen LogP contribution is -2.30. The van der Waals surface area contributed by atoms with E-state index in [4.69, 9.17) is 11.6 Å². The number of carbonyl (C=O) groups is 2. The highest BCUT2D eigenvalue weighted by Gasteiger charge is 2.37. The fourth-order valence-electron chi connectivity index (χ4n) is 1.44. The van der Waals surface area contributed by atoms with E-state index in [9.17, 15) is 9.59 Å². The first-order chi connectivity index (χ1) is 6.70. The number of imide groups is 1. The lowest BCUT2D eigenvalue weighted by Gasteiger charge is -2.13. The second kappa shape index (κ2) is 3.42. The number of anilines is 1. The Kier molecular flexibility index (Phi) is 2.25. The van der Waals surface area contributed by atoms with Crippen molar-refractivity contribution in [3.63, 3.8) is 0 Å². The summed E-state index contributed by atoms with van der Waals surface area (Å²) in [6.45, 7) is 0. The van der Waals surface area contributed by atoms with Gasteiger partial charge in [-0.3, -0.25) is 9.59 Å². The maximum atomic E-state index is 11.5. The maximum absolute atomic E-state index is 11.5. The summed E-state index contributed by atoms with van der Waals surface area (Å²) in [5, 5.41) is -0.706. The zero-order valence-electron chi connectivity index (χ0n) is 7.31. The molecule has 1 aromatic carbocycles. The molecule has 1 aromatic rings. The second-order valence-electron chi connectivity index (χ2n) is 3.07. The van der Waals surface area contributed by atoms with Gasteiger partial charge < -0.3 is 0 Å². The predicted molar refractivity (Wildman–Crippen MR) is 53.2 cm³/mol. The normalized spacial score (nSPS) is 21.8. The number of alkyl halides is 1. The molecule has 0 aromatic heterocycles. The minimum Gasteiger partial charge on any atom is -0.274 e. The number of halogens is 1. The van der Waals surface area contributed by atoms with Crippen LogP contribution in [0, 0.1) is 0 Å². The van der Waals surface area contributed by atoms with Gasteiger partial charge in [0, 0.05) is 0 Å². The van der Waals surface area contributed by atoms with E-state index >= 15 is 0 Å². The summed E-state index contributed by atoms with van der Waals surface area (Å²) < 4.78 is 0. The summed E-state index contributed by atoms with van der Waals surface area (Å²) in [5.74, 6) is -0.566. The van der Waals surface area contributed by atoms with Crippen LogP contribution in [0.15, 0.2) is 30.3 Å². The second-order valence-corrected chi connectivity index (χ2v) is 3.60. The van der Waals surface area contributed by atoms with E-state index < -0.39 is 5.38 Å². The van der Waals surface area contributed by atoms with Crippen molar-refractivity contribution in [2.24, 2.45) is 0 Å². The molecule has 0 spiro atoms. The van der Waals surface area contributed by atoms with Crippen LogP contribution in [-0.4, -0.2) is 17.2 Å². The first kappa shape index (κ1) is 9.21. The van der Waals surface area contributed by atoms with Gasteiger partial charge in [-0.25, -0.2) is 4.90 Å². The Morgan fingerprint density at radius 1 is 1.21 bits per heavy atom. The number of nitrogens with zero attached hydrogens (tertiary/aromatic N) is 1. The summed E-state index contributed by atoms with van der Waals surface area (Å²) in [4.78, 5) is 24.0. The molecule has 14 heavy (non-hydrogen) atoms. The van der Waals surface area contributed by atoms with Gasteiger partial charge in [0.15, 0.2) is 0 Å². The molecule has 2 rings (SSSR count). The van der Waals surface area contributed by atoms with Crippen molar-refractivity contribution in [2.75, 3.05) is 4.90 Å². The molecule has 0 radical (unpaired) electrons. The van der Waals surface area contributed by atoms with Crippen LogP contribution in [-0.2, 0) is 9.59 Å². The topological polar surface area (TPSA) is 37.4 Å². The highest BCUT2D eigenvalue weighted by molar-refractivity contribution is 6.40. The molecule has 1 saturated heterocycles. The van der Waals surface area contributed by atoms with Gasteiger partial charge in [-0.15, -0.1) is 11.6 Å². The van der Waals surface area contributed by atoms with Gasteiger partial charge in [-0.2, -0.15) is 0 Å². The highest BCUT2D eigenvalue weighted by Crippen LogP contribution is 2.24. The Hall–Kier alpha value is -1.35. The van der Waals surface area contributed by atoms with Crippen molar-refractivity contribution < 1.29 is 9.59 Å². The van der Waals surface area contributed by atoms with Crippen LogP contribution >= 0.6 is 11.6 Å². The number of para-hydroxylation sites is 1. The van der Waals surface area contributed by atoms with Crippen LogP contribution in [0.2, 0.25) is 0 Å². The van der Waals surface area contributed by atoms with E-state index in [0.717, 1.165) is 4.90 Å². The fourth-order valence-corrected chi connectivity index (χ4v) is 1.67. The highest BCUT2D eigenvalue weighted by atomic mass is 35.5. The van der Waals surface area contributed by atoms with Crippen molar-refractivity contribution in [1.29, 1.82) is 0 Å². The Morgan fingerprint density at radius 3 is 2.36 bits per heavy atom. The Labute approximate surface area is 86.3 Å². The van der Waals surface area contributed by atoms with E-state index in [1.165, 1.54) is 0 Å². The number of benzene rings is 1. The van der Waals surface area contributed by atoms with E-state index in [-0.39, 0.29) is 18.2 Å². The van der Waals surface area contributed by atoms with Crippen molar-refractivity contribution in [1.82, 2.24) is 0 Å². The molecule has 0 N–H and O–H groups in total. The largest absolute Gasteiger partial charge is 0.274 e. The quantitative estimate of drug-likeness (QED) is 0.520. The molecule has 0 saturated carbocycles. The standard InChI is InChI=1S/C10H8ClNO2/c11-8-6-9(13)12(10(8)14)7-4-2-1-3-5-7/h1-5,8H,6H2. The molecular formula is C10H8ClNO2. The number of hydrogen-bond acceptors (Lipinski definition) is 2. The Morgan fingerprint density at radius 2 is 1.86 bits per heavy atom. The van der Waals surface area contributed by atoms with E-state index in [1.807, 2.05) is 6.07 Å². The predicted octanol–water partition coefficient (Wildman–Crippen LogP) is 1.56. The van der Waals surface area contributed by atoms with Gasteiger partial charge in [0.2, 0.25) is 5.91 Å². The molecule has 1 unspecified atom stereocenters. The molecule has 1 heterocycles. The molecule has 72 valence electrons. The zero-order chi connectivity index (χ0) is 10.1. The monoisotopic (exact) mass is 209 g/mol. The summed E-state index contributed by atoms with van der Waals surface area (Å²) in [5.41, 5.74) is 0.589. The van der Waals surface area contributed by atoms with Crippen molar-refractivity contribution in [3.05, 3.63) is 30.3 Å². The Bertz CT molecular complexity index is 377. The lowest BCUT2D eigenvalue weighted by molar-refractivity contribution is -0.121. The minimum absolute atomic E-state index is 0.0925. The van der Waals surface area contributed by atoms with Crippen LogP contribution in [0.5, 0.6) is 0 Å². The van der Waals surface area contributed by atoms with Crippen molar-refractivity contribution >= 4 is 29.1 Å². The fraction of sp³-hybridized carbons (Fsp3) is 0.200. The van der Waals surface area contributed by atoms with Gasteiger partial charge in [0.1, 0.15) is 5.38 Å². The molecule has 3 nitrogen and oxygen atoms in total. The van der Waals surface area contributed by atoms with Gasteiger partial charge in [-0.1, -0.05) is 18.2 Å². The molecule has 0 bridgehead atoms. The van der Waals surface area contributed by atoms with Crippen LogP contribution in [0.3, 0.4) is 0 Å². The van der Waals surface area contributed by atoms with Gasteiger partial charge >= 0.3 is 0 Å². The van der Waals surface area contributed by atoms with Crippen LogP contribution in [0.4, 0.5) is 5.69 Å². The third-order valence-corrected chi connectivity index (χ3v) is 2.45. The number of carbonyl (C=O) groups excluding carboxylic acids is 2. The molecule has 1 aliphatic heterocycles. The molecule has 1 fully saturated rings. The SMILES string of the molecule is O=C1CC(Cl)C(=O)N1c1ccccc1. The summed E-state index contributed by atoms with van der Waals surface area (Å²) in [7, 11) is 0. The summed E-state index contributed by atoms with van der Waals surface area (Å²) >= 11 is 5.69. The van der Waals surface area contributed by atoms with E-state index in [0.29, 0.717) is 5.69 Å². The van der Waals surface area contributed by atoms with E-state index in [2.05, 4.69) is 0 Å². The molecule has 1 aliphatic rings. The van der Waals surface area contributed by atoms with E-state index in [1.54, 1.807) is 24.3 Å². The number of hydrogen-bond donors (Lipinski definition) is 0. The summed E-state index contributed by atoms with van der Waals surface area (Å²) in [6, 6.07) is 8.80. The molecule has 2 amide bonds. The third-order valence-electron chi connectivity index (χ3n) is 2.11. The maximum Gasteiger partial charge on any atom is 0.252 e. The minimum atomic E-state index is -0.706. The first-order valence-corrected chi connectivity index (χ1v) is 4.69. The molecule has 4 heteroatoms. The number of rotatable bonds is 1. The average molecular weight is 210 g/mol. The third kappa shape index (κ3) is 1.40. The molecule has 1 atom stereocenters. The lowest BCUT2D eigenvalue weighted by atomic mass is 10.3. The zero-order valence-corrected chi connectivity index (χ0v) is 8.07. The van der Waals surface area contributed by atoms with Crippen LogP contribution in [0.1, 0.15) is 6.42 Å². The van der Waals surface area contributed by atoms with Gasteiger partial charge in [0.05, 0.1) is 12.1 Å². The smallest absolute Gasteiger partial charge is 0.252 e. The van der Waals surface area contributed by atoms with Crippen molar-refractivity contribution in [2.45, 2.75) is 11.8 Å². The molecular weight excluding hydrogens is 202 g/mol. The summed E-state index contributed by atoms with van der Waals surface area (Å²) in [6.07, 6.45) is 0.0925. The van der Waals surface area contributed by atoms with Crippen LogP contribution in [0.25, 0.3) is 0 Å². The van der Waals surface area contributed by atoms with Gasteiger partial charge in [-0.05, 0) is 12.1 Å². The van der Waals surface area contributed by atoms with Gasteiger partial charge in [0.25, 0.3) is 5.91 Å². The molecule has 0 aliphatic carbocycles.